The molecule has 0 radical (unpaired) electrons. The maximum atomic E-state index is 15.1. The van der Waals surface area contributed by atoms with E-state index in [1.807, 2.05) is 32.3 Å². The van der Waals surface area contributed by atoms with Gasteiger partial charge in [0.05, 0.1) is 32.7 Å². The molecule has 10 heteroatoms. The average Bonchev–Trinajstić information content (AvgIpc) is 3.28. The molecule has 1 amide bonds. The van der Waals surface area contributed by atoms with Gasteiger partial charge in [-0.05, 0) is 57.5 Å². The topological polar surface area (TPSA) is 91.6 Å². The van der Waals surface area contributed by atoms with E-state index in [4.69, 9.17) is 14.2 Å². The Morgan fingerprint density at radius 2 is 1.89 bits per heavy atom. The Morgan fingerprint density at radius 1 is 1.11 bits per heavy atom. The highest BCUT2D eigenvalue weighted by molar-refractivity contribution is 5.90. The maximum Gasteiger partial charge on any atom is 0.410 e. The third-order valence-electron chi connectivity index (χ3n) is 6.29. The molecule has 198 valence electrons. The lowest BCUT2D eigenvalue weighted by atomic mass is 9.98. The van der Waals surface area contributed by atoms with Gasteiger partial charge < -0.3 is 23.7 Å². The summed E-state index contributed by atoms with van der Waals surface area (Å²) < 4.78 is 34.0. The van der Waals surface area contributed by atoms with E-state index in [0.717, 1.165) is 17.7 Å². The molecule has 4 aromatic rings. The number of aromatic nitrogens is 4. The van der Waals surface area contributed by atoms with Crippen LogP contribution in [0, 0.1) is 5.82 Å². The van der Waals surface area contributed by atoms with Crippen LogP contribution in [0.25, 0.3) is 33.4 Å². The number of hydrogen-bond acceptors (Lipinski definition) is 7. The number of amides is 1. The van der Waals surface area contributed by atoms with Crippen LogP contribution in [0.15, 0.2) is 48.9 Å². The lowest BCUT2D eigenvalue weighted by molar-refractivity contribution is -0.0221. The second kappa shape index (κ2) is 9.92. The van der Waals surface area contributed by atoms with Gasteiger partial charge in [0, 0.05) is 29.3 Å². The highest BCUT2D eigenvalue weighted by Gasteiger charge is 2.35. The summed E-state index contributed by atoms with van der Waals surface area (Å²) in [6.07, 6.45) is 2.84. The van der Waals surface area contributed by atoms with Crippen LogP contribution in [0.2, 0.25) is 0 Å². The molecule has 5 rings (SSSR count). The number of carbonyl (C=O) groups excluding carboxylic acids is 1. The van der Waals surface area contributed by atoms with E-state index >= 15 is 4.39 Å². The van der Waals surface area contributed by atoms with Crippen LogP contribution < -0.4 is 9.47 Å². The van der Waals surface area contributed by atoms with Crippen LogP contribution in [0.1, 0.15) is 27.7 Å². The molecule has 0 unspecified atom stereocenters. The molecule has 1 fully saturated rings. The predicted octanol–water partition coefficient (Wildman–Crippen LogP) is 5.33. The molecule has 2 aromatic heterocycles. The summed E-state index contributed by atoms with van der Waals surface area (Å²) in [5.41, 5.74) is 3.33. The number of methoxy groups -OCH3 is 1. The second-order valence-electron chi connectivity index (χ2n) is 10.1. The molecule has 3 heterocycles. The smallest absolute Gasteiger partial charge is 0.410 e. The highest BCUT2D eigenvalue weighted by atomic mass is 19.1. The van der Waals surface area contributed by atoms with Crippen molar-refractivity contribution >= 4 is 17.3 Å². The van der Waals surface area contributed by atoms with Crippen molar-refractivity contribution in [3.63, 3.8) is 0 Å². The van der Waals surface area contributed by atoms with Gasteiger partial charge in [0.15, 0.2) is 5.65 Å². The normalized spacial score (nSPS) is 13.9. The standard InChI is InChI=1S/C28H30FN5O4/c1-6-33-16-30-25-22(13-31-32-26(25)33)17-7-10-23(29)21(11-17)20-9-8-18(12-24(20)36-5)37-19-14-34(15-19)27(35)38-28(2,3)4/h7-13,16,19H,6,14-15H2,1-5H3. The first-order valence-corrected chi connectivity index (χ1v) is 12.5. The number of benzene rings is 2. The lowest BCUT2D eigenvalue weighted by Gasteiger charge is -2.39. The molecule has 0 saturated carbocycles. The van der Waals surface area contributed by atoms with Crippen molar-refractivity contribution in [3.8, 4) is 33.8 Å². The Morgan fingerprint density at radius 3 is 2.61 bits per heavy atom. The zero-order chi connectivity index (χ0) is 27.0. The quantitative estimate of drug-likeness (QED) is 0.340. The molecular weight excluding hydrogens is 489 g/mol. The number of likely N-dealkylation sites (tertiary alicyclic amines) is 1. The van der Waals surface area contributed by atoms with E-state index in [9.17, 15) is 4.79 Å². The fraction of sp³-hybridized carbons (Fsp3) is 0.357. The van der Waals surface area contributed by atoms with Crippen molar-refractivity contribution in [2.24, 2.45) is 0 Å². The lowest BCUT2D eigenvalue weighted by Crippen LogP contribution is -2.57. The molecule has 2 aromatic carbocycles. The number of imidazole rings is 1. The van der Waals surface area contributed by atoms with Gasteiger partial charge in [0.2, 0.25) is 0 Å². The molecule has 0 bridgehead atoms. The minimum atomic E-state index is -0.546. The van der Waals surface area contributed by atoms with Crippen LogP contribution in [0.3, 0.4) is 0 Å². The molecular formula is C28H30FN5O4. The Labute approximate surface area is 220 Å². The van der Waals surface area contributed by atoms with Crippen molar-refractivity contribution in [2.45, 2.75) is 45.9 Å². The van der Waals surface area contributed by atoms with E-state index in [-0.39, 0.29) is 18.0 Å². The zero-order valence-electron chi connectivity index (χ0n) is 22.1. The Hall–Kier alpha value is -4.21. The van der Waals surface area contributed by atoms with Gasteiger partial charge >= 0.3 is 6.09 Å². The van der Waals surface area contributed by atoms with Gasteiger partial charge in [0.1, 0.15) is 34.5 Å². The molecule has 0 aliphatic carbocycles. The number of rotatable bonds is 6. The summed E-state index contributed by atoms with van der Waals surface area (Å²) in [6, 6.07) is 10.2. The number of halogens is 1. The van der Waals surface area contributed by atoms with Crippen molar-refractivity contribution < 1.29 is 23.4 Å². The van der Waals surface area contributed by atoms with Crippen LogP contribution >= 0.6 is 0 Å². The molecule has 0 atom stereocenters. The summed E-state index contributed by atoms with van der Waals surface area (Å²) in [5.74, 6) is 0.654. The zero-order valence-corrected chi connectivity index (χ0v) is 22.1. The monoisotopic (exact) mass is 519 g/mol. The largest absolute Gasteiger partial charge is 0.496 e. The van der Waals surface area contributed by atoms with E-state index in [2.05, 4.69) is 15.2 Å². The SMILES string of the molecule is CCn1cnc2c(-c3ccc(F)c(-c4ccc(OC5CN(C(=O)OC(C)(C)C)C5)cc4OC)c3)cnnc21. The van der Waals surface area contributed by atoms with Crippen molar-refractivity contribution in [1.29, 1.82) is 0 Å². The summed E-state index contributed by atoms with van der Waals surface area (Å²) in [4.78, 5) is 18.3. The summed E-state index contributed by atoms with van der Waals surface area (Å²) in [7, 11) is 1.53. The summed E-state index contributed by atoms with van der Waals surface area (Å²) in [5, 5.41) is 8.35. The van der Waals surface area contributed by atoms with Crippen LogP contribution in [0.4, 0.5) is 9.18 Å². The Bertz CT molecular complexity index is 1490. The Balaban J connectivity index is 1.37. The van der Waals surface area contributed by atoms with E-state index < -0.39 is 5.60 Å². The van der Waals surface area contributed by atoms with Gasteiger partial charge in [0.25, 0.3) is 0 Å². The summed E-state index contributed by atoms with van der Waals surface area (Å²) >= 11 is 0. The van der Waals surface area contributed by atoms with E-state index in [1.165, 1.54) is 13.2 Å². The first-order valence-electron chi connectivity index (χ1n) is 12.5. The third kappa shape index (κ3) is 4.98. The molecule has 38 heavy (non-hydrogen) atoms. The highest BCUT2D eigenvalue weighted by Crippen LogP contribution is 2.38. The summed E-state index contributed by atoms with van der Waals surface area (Å²) in [6.45, 7) is 9.08. The van der Waals surface area contributed by atoms with Gasteiger partial charge in [-0.3, -0.25) is 0 Å². The fourth-order valence-corrected chi connectivity index (χ4v) is 4.36. The van der Waals surface area contributed by atoms with E-state index in [1.54, 1.807) is 47.8 Å². The number of nitrogens with zero attached hydrogens (tertiary/aromatic N) is 5. The predicted molar refractivity (Wildman–Crippen MR) is 141 cm³/mol. The minimum absolute atomic E-state index is 0.164. The molecule has 0 spiro atoms. The fourth-order valence-electron chi connectivity index (χ4n) is 4.36. The van der Waals surface area contributed by atoms with E-state index in [0.29, 0.717) is 46.9 Å². The van der Waals surface area contributed by atoms with Crippen LogP contribution in [-0.4, -0.2) is 62.6 Å². The third-order valence-corrected chi connectivity index (χ3v) is 6.29. The number of fused-ring (bicyclic) bond motifs is 1. The number of aryl methyl sites for hydroxylation is 1. The van der Waals surface area contributed by atoms with Gasteiger partial charge in [-0.15, -0.1) is 5.10 Å². The Kier molecular flexibility index (Phi) is 6.64. The van der Waals surface area contributed by atoms with Crippen molar-refractivity contribution in [1.82, 2.24) is 24.6 Å². The molecule has 0 N–H and O–H groups in total. The van der Waals surface area contributed by atoms with Gasteiger partial charge in [-0.25, -0.2) is 14.2 Å². The number of ether oxygens (including phenoxy) is 3. The average molecular weight is 520 g/mol. The van der Waals surface area contributed by atoms with Crippen molar-refractivity contribution in [3.05, 3.63) is 54.7 Å². The first kappa shape index (κ1) is 25.4. The van der Waals surface area contributed by atoms with Crippen LogP contribution in [0.5, 0.6) is 11.5 Å². The van der Waals surface area contributed by atoms with Crippen molar-refractivity contribution in [2.75, 3.05) is 20.2 Å². The molecule has 1 aliphatic rings. The van der Waals surface area contributed by atoms with Gasteiger partial charge in [-0.2, -0.15) is 5.10 Å². The van der Waals surface area contributed by atoms with Crippen LogP contribution in [-0.2, 0) is 11.3 Å². The minimum Gasteiger partial charge on any atom is -0.496 e. The molecule has 9 nitrogen and oxygen atoms in total. The number of hydrogen-bond donors (Lipinski definition) is 0. The second-order valence-corrected chi connectivity index (χ2v) is 10.1. The maximum absolute atomic E-state index is 15.1. The molecule has 1 aliphatic heterocycles. The number of carbonyl (C=O) groups is 1. The molecule has 1 saturated heterocycles. The first-order chi connectivity index (χ1) is 18.2. The van der Waals surface area contributed by atoms with Gasteiger partial charge in [-0.1, -0.05) is 6.07 Å².